The number of fused-ring (bicyclic) bond motifs is 4. The van der Waals surface area contributed by atoms with E-state index in [1.165, 1.54) is 0 Å². The highest BCUT2D eigenvalue weighted by Crippen LogP contribution is 2.46. The van der Waals surface area contributed by atoms with Gasteiger partial charge < -0.3 is 28.6 Å². The lowest BCUT2D eigenvalue weighted by Gasteiger charge is -2.39. The fourth-order valence-corrected chi connectivity index (χ4v) is 9.29. The molecule has 6 heterocycles. The smallest absolute Gasteiger partial charge is 0.410 e. The maximum atomic E-state index is 17.7. The van der Waals surface area contributed by atoms with E-state index in [0.29, 0.717) is 49.4 Å². The first kappa shape index (κ1) is 38.4. The molecule has 3 aliphatic heterocycles. The Labute approximate surface area is 332 Å². The van der Waals surface area contributed by atoms with Gasteiger partial charge in [-0.25, -0.2) is 18.9 Å². The number of halogens is 2. The van der Waals surface area contributed by atoms with E-state index in [4.69, 9.17) is 35.9 Å². The molecule has 3 saturated heterocycles. The van der Waals surface area contributed by atoms with Crippen LogP contribution in [0.2, 0.25) is 5.02 Å². The van der Waals surface area contributed by atoms with Crippen LogP contribution in [0.3, 0.4) is 0 Å². The molecule has 13 heteroatoms. The Morgan fingerprint density at radius 3 is 2.61 bits per heavy atom. The van der Waals surface area contributed by atoms with Gasteiger partial charge in [0.25, 0.3) is 0 Å². The number of carbonyl (C=O) groups excluding carboxylic acids is 1. The first-order valence-electron chi connectivity index (χ1n) is 20.0. The molecule has 0 bridgehead atoms. The summed E-state index contributed by atoms with van der Waals surface area (Å²) in [5.41, 5.74) is 4.01. The minimum atomic E-state index is -0.660. The molecule has 2 unspecified atom stereocenters. The molecule has 0 saturated carbocycles. The second-order valence-electron chi connectivity index (χ2n) is 16.8. The molecule has 0 radical (unpaired) electrons. The molecule has 0 spiro atoms. The normalized spacial score (nSPS) is 22.3. The molecule has 3 aromatic heterocycles. The molecule has 56 heavy (non-hydrogen) atoms. The SMILES string of the molecule is Cc1cc2c(cnn2C2CCCCO2)c(-c2c(Cl)cc3c(nc(OC[C@@H]4CCCN4C)c4ccn(C5CCN(C(=O)OC(C)(C)C)[C@H](CC#N)C5)c43)c2F)c1C. The zero-order chi connectivity index (χ0) is 39.5. The summed E-state index contributed by atoms with van der Waals surface area (Å²) in [5, 5.41) is 17.0. The highest BCUT2D eigenvalue weighted by molar-refractivity contribution is 6.35. The molecule has 3 fully saturated rings. The fraction of sp³-hybridized carbons (Fsp3) is 0.535. The maximum Gasteiger partial charge on any atom is 0.410 e. The molecule has 3 aliphatic rings. The number of piperidine rings is 1. The zero-order valence-corrected chi connectivity index (χ0v) is 34.0. The summed E-state index contributed by atoms with van der Waals surface area (Å²) in [6.07, 6.45) is 9.53. The molecule has 296 valence electrons. The van der Waals surface area contributed by atoms with Gasteiger partial charge in [0, 0.05) is 59.4 Å². The van der Waals surface area contributed by atoms with Crippen molar-refractivity contribution in [3.63, 3.8) is 0 Å². The topological polar surface area (TPSA) is 111 Å². The summed E-state index contributed by atoms with van der Waals surface area (Å²) in [6.45, 7) is 12.1. The van der Waals surface area contributed by atoms with E-state index in [9.17, 15) is 10.1 Å². The van der Waals surface area contributed by atoms with Crippen molar-refractivity contribution in [1.82, 2.24) is 29.1 Å². The van der Waals surface area contributed by atoms with Crippen LogP contribution in [0.4, 0.5) is 9.18 Å². The van der Waals surface area contributed by atoms with Crippen molar-refractivity contribution in [3.8, 4) is 23.1 Å². The number of pyridine rings is 1. The Hall–Kier alpha value is -4.44. The molecule has 8 rings (SSSR count). The van der Waals surface area contributed by atoms with E-state index < -0.39 is 17.5 Å². The second-order valence-corrected chi connectivity index (χ2v) is 17.2. The van der Waals surface area contributed by atoms with E-state index in [-0.39, 0.29) is 46.9 Å². The van der Waals surface area contributed by atoms with Crippen molar-refractivity contribution < 1.29 is 23.4 Å². The highest BCUT2D eigenvalue weighted by Gasteiger charge is 2.36. The van der Waals surface area contributed by atoms with Crippen LogP contribution < -0.4 is 4.74 Å². The molecule has 4 atom stereocenters. The van der Waals surface area contributed by atoms with Crippen molar-refractivity contribution in [2.75, 3.05) is 33.4 Å². The number of ether oxygens (including phenoxy) is 3. The fourth-order valence-electron chi connectivity index (χ4n) is 9.00. The molecule has 2 aromatic carbocycles. The minimum Gasteiger partial charge on any atom is -0.476 e. The van der Waals surface area contributed by atoms with Crippen LogP contribution in [0.25, 0.3) is 43.8 Å². The van der Waals surface area contributed by atoms with E-state index >= 15 is 4.39 Å². The Morgan fingerprint density at radius 1 is 1.07 bits per heavy atom. The van der Waals surface area contributed by atoms with E-state index in [1.807, 2.05) is 57.6 Å². The van der Waals surface area contributed by atoms with Gasteiger partial charge in [-0.1, -0.05) is 11.6 Å². The average Bonchev–Trinajstić information content (AvgIpc) is 3.91. The van der Waals surface area contributed by atoms with Crippen LogP contribution in [0.5, 0.6) is 5.88 Å². The van der Waals surface area contributed by atoms with Gasteiger partial charge in [0.1, 0.15) is 17.7 Å². The number of rotatable bonds is 7. The van der Waals surface area contributed by atoms with E-state index in [1.54, 1.807) is 11.1 Å². The predicted octanol–water partition coefficient (Wildman–Crippen LogP) is 9.64. The van der Waals surface area contributed by atoms with Crippen LogP contribution in [0, 0.1) is 31.0 Å². The third-order valence-electron chi connectivity index (χ3n) is 12.0. The molecule has 5 aromatic rings. The summed E-state index contributed by atoms with van der Waals surface area (Å²) >= 11 is 7.24. The number of carbonyl (C=O) groups is 1. The van der Waals surface area contributed by atoms with Gasteiger partial charge in [0.05, 0.1) is 40.1 Å². The summed E-state index contributed by atoms with van der Waals surface area (Å²) in [6, 6.07) is 7.96. The van der Waals surface area contributed by atoms with Gasteiger partial charge in [-0.2, -0.15) is 10.4 Å². The summed E-state index contributed by atoms with van der Waals surface area (Å²) in [7, 11) is 2.10. The van der Waals surface area contributed by atoms with Crippen LogP contribution in [-0.2, 0) is 9.47 Å². The van der Waals surface area contributed by atoms with E-state index in [0.717, 1.165) is 71.6 Å². The van der Waals surface area contributed by atoms with Gasteiger partial charge >= 0.3 is 6.09 Å². The van der Waals surface area contributed by atoms with Crippen molar-refractivity contribution in [1.29, 1.82) is 5.26 Å². The monoisotopic (exact) mass is 783 g/mol. The lowest BCUT2D eigenvalue weighted by Crippen LogP contribution is -2.48. The number of aryl methyl sites for hydroxylation is 1. The summed E-state index contributed by atoms with van der Waals surface area (Å²) in [5.74, 6) is -0.157. The quantitative estimate of drug-likeness (QED) is 0.161. The number of nitrogens with zero attached hydrogens (tertiary/aromatic N) is 7. The van der Waals surface area contributed by atoms with Crippen LogP contribution in [0.15, 0.2) is 30.6 Å². The number of benzene rings is 2. The molecular weight excluding hydrogens is 733 g/mol. The third-order valence-corrected chi connectivity index (χ3v) is 12.3. The lowest BCUT2D eigenvalue weighted by atomic mass is 9.92. The first-order valence-corrected chi connectivity index (χ1v) is 20.3. The predicted molar refractivity (Wildman–Crippen MR) is 216 cm³/mol. The molecule has 11 nitrogen and oxygen atoms in total. The number of hydrogen-bond donors (Lipinski definition) is 0. The van der Waals surface area contributed by atoms with E-state index in [2.05, 4.69) is 28.7 Å². The maximum absolute atomic E-state index is 17.7. The number of amides is 1. The number of aromatic nitrogens is 4. The Morgan fingerprint density at radius 2 is 1.89 bits per heavy atom. The number of nitriles is 1. The van der Waals surface area contributed by atoms with Gasteiger partial charge in [0.2, 0.25) is 5.88 Å². The first-order chi connectivity index (χ1) is 26.8. The van der Waals surface area contributed by atoms with Crippen molar-refractivity contribution in [3.05, 3.63) is 52.6 Å². The summed E-state index contributed by atoms with van der Waals surface area (Å²) < 4.78 is 40.1. The van der Waals surface area contributed by atoms with Crippen LogP contribution in [0.1, 0.15) is 95.5 Å². The minimum absolute atomic E-state index is 0.100. The van der Waals surface area contributed by atoms with Crippen molar-refractivity contribution in [2.24, 2.45) is 0 Å². The average molecular weight is 784 g/mol. The molecule has 0 aliphatic carbocycles. The Bertz CT molecular complexity index is 2350. The van der Waals surface area contributed by atoms with Crippen molar-refractivity contribution in [2.45, 2.75) is 116 Å². The molecular formula is C43H51ClFN7O4. The van der Waals surface area contributed by atoms with Crippen LogP contribution in [-0.4, -0.2) is 86.3 Å². The molecule has 1 amide bonds. The largest absolute Gasteiger partial charge is 0.476 e. The zero-order valence-electron chi connectivity index (χ0n) is 33.2. The highest BCUT2D eigenvalue weighted by atomic mass is 35.5. The van der Waals surface area contributed by atoms with Gasteiger partial charge in [-0.15, -0.1) is 0 Å². The van der Waals surface area contributed by atoms with Gasteiger partial charge in [0.15, 0.2) is 12.0 Å². The summed E-state index contributed by atoms with van der Waals surface area (Å²) in [4.78, 5) is 22.2. The Balaban J connectivity index is 1.27. The number of hydrogen-bond acceptors (Lipinski definition) is 8. The Kier molecular flexibility index (Phi) is 10.4. The van der Waals surface area contributed by atoms with Crippen molar-refractivity contribution >= 4 is 50.4 Å². The number of likely N-dealkylation sites (tertiary alicyclic amines) is 2. The number of likely N-dealkylation sites (N-methyl/N-ethyl adjacent to an activating group) is 1. The van der Waals surface area contributed by atoms with Gasteiger partial charge in [-0.05, 0) is 122 Å². The van der Waals surface area contributed by atoms with Gasteiger partial charge in [-0.3, -0.25) is 0 Å². The second kappa shape index (κ2) is 15.1. The third kappa shape index (κ3) is 6.96. The van der Waals surface area contributed by atoms with Crippen LogP contribution >= 0.6 is 11.6 Å². The standard InChI is InChI=1S/C43H51ClFN7O4/c1-25-20-34-32(23-47-52(34)35-11-7-8-19-54-35)36(26(25)2)37-33(44)22-31-39(38(37)45)48-41(55-24-29-10-9-16-49(29)6)30-14-18-50(40(30)31)28-13-17-51(27(21-28)12-15-46)42(53)56-43(3,4)5/h14,18,20,22-23,27-29,35H,7-13,16-17,19,21,24H2,1-6H3/t27-,28?,29+,35?/m1/s1. The lowest BCUT2D eigenvalue weighted by molar-refractivity contribution is -0.0366. The molecule has 0 N–H and O–H groups in total.